The van der Waals surface area contributed by atoms with Gasteiger partial charge in [0.25, 0.3) is 0 Å². The van der Waals surface area contributed by atoms with Crippen LogP contribution in [0.5, 0.6) is 11.5 Å². The minimum Gasteiger partial charge on any atom is -0.509 e. The van der Waals surface area contributed by atoms with E-state index in [9.17, 15) is 4.39 Å². The van der Waals surface area contributed by atoms with Crippen molar-refractivity contribution in [2.45, 2.75) is 46.5 Å². The average Bonchev–Trinajstić information content (AvgIpc) is 3.89. The predicted molar refractivity (Wildman–Crippen MR) is 273 cm³/mol. The van der Waals surface area contributed by atoms with Gasteiger partial charge < -0.3 is 19.1 Å². The number of fused-ring (bicyclic) bond motifs is 4. The second-order valence-electron chi connectivity index (χ2n) is 18.0. The second-order valence-corrected chi connectivity index (χ2v) is 18.0. The van der Waals surface area contributed by atoms with Crippen molar-refractivity contribution in [1.82, 2.24) is 9.55 Å². The molecule has 11 rings (SSSR count). The molecule has 7 heteroatoms. The maximum Gasteiger partial charge on any atom is 0.135 e. The van der Waals surface area contributed by atoms with Crippen LogP contribution in [0.1, 0.15) is 56.2 Å². The van der Waals surface area contributed by atoms with Crippen molar-refractivity contribution < 1.29 is 30.2 Å². The van der Waals surface area contributed by atoms with Gasteiger partial charge >= 0.3 is 0 Å². The van der Waals surface area contributed by atoms with Crippen molar-refractivity contribution in [2.75, 3.05) is 9.80 Å². The summed E-state index contributed by atoms with van der Waals surface area (Å²) >= 11 is 0. The Morgan fingerprint density at radius 1 is 0.544 bits per heavy atom. The molecule has 0 spiro atoms. The van der Waals surface area contributed by atoms with E-state index in [1.165, 1.54) is 28.8 Å². The van der Waals surface area contributed by atoms with E-state index in [4.69, 9.17) is 9.72 Å². The molecule has 0 radical (unpaired) electrons. The van der Waals surface area contributed by atoms with E-state index < -0.39 is 0 Å². The van der Waals surface area contributed by atoms with E-state index >= 15 is 0 Å². The number of hydrogen-bond acceptors (Lipinski definition) is 4. The molecule has 0 aliphatic carbocycles. The van der Waals surface area contributed by atoms with Crippen molar-refractivity contribution in [1.29, 1.82) is 0 Å². The third-order valence-corrected chi connectivity index (χ3v) is 12.8. The van der Waals surface area contributed by atoms with Gasteiger partial charge in [0.1, 0.15) is 11.6 Å². The van der Waals surface area contributed by atoms with Gasteiger partial charge in [0.2, 0.25) is 0 Å². The number of halogens is 1. The van der Waals surface area contributed by atoms with Gasteiger partial charge in [-0.1, -0.05) is 130 Å². The van der Waals surface area contributed by atoms with Crippen molar-refractivity contribution >= 4 is 44.6 Å². The average molecular weight is 1070 g/mol. The number of rotatable bonds is 10. The van der Waals surface area contributed by atoms with E-state index in [0.717, 1.165) is 83.8 Å². The standard InChI is InChI=1S/C61H48FN4O.Pt/c1-39(2)54-34-47(45-23-25-48(62)26-24-45)35-55(40(3)4)61(54)65-38-64(57-29-18-41(5)31-59(57)65)49-32-46(44-21-19-43(20-22-44)42-13-7-6-8-14-42)33-51(36-49)67-50-27-28-53-52-15-9-10-16-56(52)66(58(53)37-50)60-17-11-12-30-63-60;/h6-35,38-40H,1-5H3;/q-3;. The van der Waals surface area contributed by atoms with Crippen LogP contribution in [-0.4, -0.2) is 9.55 Å². The molecule has 10 aromatic rings. The van der Waals surface area contributed by atoms with Crippen molar-refractivity contribution in [2.24, 2.45) is 0 Å². The maximum absolute atomic E-state index is 14.1. The number of aromatic nitrogens is 2. The predicted octanol–water partition coefficient (Wildman–Crippen LogP) is 16.7. The molecule has 0 N–H and O–H groups in total. The molecule has 0 bridgehead atoms. The molecule has 3 heterocycles. The molecule has 0 amide bonds. The first-order valence-corrected chi connectivity index (χ1v) is 22.9. The van der Waals surface area contributed by atoms with Crippen molar-refractivity contribution in [3.63, 3.8) is 0 Å². The normalized spacial score (nSPS) is 12.3. The topological polar surface area (TPSA) is 33.5 Å². The molecule has 1 aliphatic heterocycles. The van der Waals surface area contributed by atoms with E-state index in [-0.39, 0.29) is 38.7 Å². The van der Waals surface area contributed by atoms with Gasteiger partial charge in [0.15, 0.2) is 0 Å². The quantitative estimate of drug-likeness (QED) is 0.128. The van der Waals surface area contributed by atoms with Crippen LogP contribution in [0.4, 0.5) is 27.1 Å². The summed E-state index contributed by atoms with van der Waals surface area (Å²) in [5.41, 5.74) is 16.0. The molecule has 338 valence electrons. The van der Waals surface area contributed by atoms with Gasteiger partial charge in [-0.2, -0.15) is 6.07 Å². The first kappa shape index (κ1) is 44.6. The molecular formula is C61H48FN4OPt-3. The number of anilines is 4. The summed E-state index contributed by atoms with van der Waals surface area (Å²) in [6.07, 6.45) is 1.82. The fraction of sp³-hybridized carbons (Fsp3) is 0.115. The Morgan fingerprint density at radius 3 is 1.87 bits per heavy atom. The number of para-hydroxylation sites is 1. The number of aryl methyl sites for hydroxylation is 1. The molecule has 0 atom stereocenters. The Hall–Kier alpha value is -7.27. The monoisotopic (exact) mass is 1070 g/mol. The Bertz CT molecular complexity index is 3410. The van der Waals surface area contributed by atoms with E-state index in [2.05, 4.69) is 189 Å². The van der Waals surface area contributed by atoms with Crippen molar-refractivity contribution in [3.8, 4) is 50.7 Å². The minimum atomic E-state index is -0.241. The van der Waals surface area contributed by atoms with Crippen LogP contribution < -0.4 is 14.5 Å². The minimum absolute atomic E-state index is 0. The molecule has 0 unspecified atom stereocenters. The van der Waals surface area contributed by atoms with Gasteiger partial charge in [-0.05, 0) is 123 Å². The smallest absolute Gasteiger partial charge is 0.135 e. The van der Waals surface area contributed by atoms with Crippen LogP contribution in [0, 0.1) is 31.5 Å². The Kier molecular flexibility index (Phi) is 12.1. The molecule has 0 saturated heterocycles. The Morgan fingerprint density at radius 2 is 1.18 bits per heavy atom. The number of ether oxygens (including phenoxy) is 1. The molecule has 5 nitrogen and oxygen atoms in total. The Labute approximate surface area is 412 Å². The summed E-state index contributed by atoms with van der Waals surface area (Å²) in [4.78, 5) is 9.32. The van der Waals surface area contributed by atoms with E-state index in [0.29, 0.717) is 11.5 Å². The third-order valence-electron chi connectivity index (χ3n) is 12.8. The van der Waals surface area contributed by atoms with Crippen LogP contribution in [0.15, 0.2) is 182 Å². The van der Waals surface area contributed by atoms with Crippen molar-refractivity contribution in [3.05, 3.63) is 223 Å². The SMILES string of the molecule is Cc1ccc2c(c1)N(c1c(C(C)C)cc(-c3ccc(F)cc3)cc1C(C)C)[CH-]N2c1[c-]c(Oc2[c-]c3c(cc2)c2ccccc2n3-c2ccccn2)cc(-c2ccc(-c3ccccc3)cc2)c1.[Pt]. The van der Waals surface area contributed by atoms with Crippen LogP contribution in [0.2, 0.25) is 0 Å². The molecule has 0 fully saturated rings. The zero-order chi connectivity index (χ0) is 45.8. The number of nitrogens with zero attached hydrogens (tertiary/aromatic N) is 4. The zero-order valence-corrected chi connectivity index (χ0v) is 40.7. The fourth-order valence-corrected chi connectivity index (χ4v) is 9.43. The van der Waals surface area contributed by atoms with Gasteiger partial charge in [-0.3, -0.25) is 0 Å². The number of benzene rings is 8. The summed E-state index contributed by atoms with van der Waals surface area (Å²) < 4.78 is 23.1. The third kappa shape index (κ3) is 8.28. The summed E-state index contributed by atoms with van der Waals surface area (Å²) in [6, 6.07) is 67.2. The fourth-order valence-electron chi connectivity index (χ4n) is 9.43. The molecule has 2 aromatic heterocycles. The van der Waals surface area contributed by atoms with E-state index in [1.54, 1.807) is 0 Å². The summed E-state index contributed by atoms with van der Waals surface area (Å²) in [7, 11) is 0. The van der Waals surface area contributed by atoms with Gasteiger partial charge in [0.05, 0.1) is 0 Å². The Balaban J connectivity index is 0.00000539. The van der Waals surface area contributed by atoms with Gasteiger partial charge in [-0.15, -0.1) is 53.6 Å². The van der Waals surface area contributed by atoms with Crippen LogP contribution in [0.25, 0.3) is 61.0 Å². The zero-order valence-electron chi connectivity index (χ0n) is 38.4. The molecule has 68 heavy (non-hydrogen) atoms. The van der Waals surface area contributed by atoms with Crippen LogP contribution in [0.3, 0.4) is 0 Å². The van der Waals surface area contributed by atoms with Gasteiger partial charge in [0, 0.05) is 61.3 Å². The molecule has 0 saturated carbocycles. The van der Waals surface area contributed by atoms with Crippen LogP contribution >= 0.6 is 0 Å². The summed E-state index contributed by atoms with van der Waals surface area (Å²) in [5.74, 6) is 2.09. The molecule has 8 aromatic carbocycles. The van der Waals surface area contributed by atoms with Gasteiger partial charge in [-0.25, -0.2) is 9.37 Å². The molecule has 1 aliphatic rings. The van der Waals surface area contributed by atoms with E-state index in [1.807, 2.05) is 48.7 Å². The maximum atomic E-state index is 14.1. The molecular weight excluding hydrogens is 1020 g/mol. The number of hydrogen-bond donors (Lipinski definition) is 0. The summed E-state index contributed by atoms with van der Waals surface area (Å²) in [5, 5.41) is 2.19. The largest absolute Gasteiger partial charge is 0.509 e. The first-order valence-electron chi connectivity index (χ1n) is 22.9. The second kappa shape index (κ2) is 18.4. The summed E-state index contributed by atoms with van der Waals surface area (Å²) in [6.45, 7) is 13.3. The first-order chi connectivity index (χ1) is 32.7. The number of pyridine rings is 1. The van der Waals surface area contributed by atoms with Crippen LogP contribution in [-0.2, 0) is 21.1 Å².